The third-order valence-electron chi connectivity index (χ3n) is 2.55. The lowest BCUT2D eigenvalue weighted by atomic mass is 10.2. The normalized spacial score (nSPS) is 24.3. The van der Waals surface area contributed by atoms with Gasteiger partial charge >= 0.3 is 5.69 Å². The lowest BCUT2D eigenvalue weighted by Crippen LogP contribution is -2.44. The molecule has 2 rings (SSSR count). The SMILES string of the molecule is Cc1cn(N2C[C@H](O)[C@@H](CO)O2)c(=O)[nH]c1=O. The van der Waals surface area contributed by atoms with Crippen LogP contribution in [0.15, 0.2) is 15.8 Å². The fraction of sp³-hybridized carbons (Fsp3) is 0.556. The summed E-state index contributed by atoms with van der Waals surface area (Å²) in [6, 6.07) is 0. The largest absolute Gasteiger partial charge is 0.393 e. The van der Waals surface area contributed by atoms with E-state index in [-0.39, 0.29) is 13.2 Å². The van der Waals surface area contributed by atoms with Crippen molar-refractivity contribution in [1.29, 1.82) is 0 Å². The highest BCUT2D eigenvalue weighted by Gasteiger charge is 2.33. The molecule has 0 radical (unpaired) electrons. The molecule has 0 aliphatic carbocycles. The summed E-state index contributed by atoms with van der Waals surface area (Å²) < 4.78 is 1.05. The minimum absolute atomic E-state index is 0.0383. The highest BCUT2D eigenvalue weighted by Crippen LogP contribution is 2.11. The zero-order chi connectivity index (χ0) is 12.6. The molecule has 1 fully saturated rings. The Hall–Kier alpha value is -1.64. The van der Waals surface area contributed by atoms with Gasteiger partial charge in [-0.1, -0.05) is 0 Å². The predicted octanol–water partition coefficient (Wildman–Crippen LogP) is -2.55. The first-order valence-corrected chi connectivity index (χ1v) is 5.09. The number of aliphatic hydroxyl groups excluding tert-OH is 2. The van der Waals surface area contributed by atoms with Crippen molar-refractivity contribution in [3.8, 4) is 0 Å². The molecule has 0 unspecified atom stereocenters. The number of nitrogens with zero attached hydrogens (tertiary/aromatic N) is 2. The van der Waals surface area contributed by atoms with Crippen LogP contribution in [0.3, 0.4) is 0 Å². The summed E-state index contributed by atoms with van der Waals surface area (Å²) >= 11 is 0. The summed E-state index contributed by atoms with van der Waals surface area (Å²) in [7, 11) is 0. The number of hydrogen-bond acceptors (Lipinski definition) is 6. The Kier molecular flexibility index (Phi) is 3.01. The van der Waals surface area contributed by atoms with Crippen LogP contribution < -0.4 is 16.4 Å². The molecule has 17 heavy (non-hydrogen) atoms. The van der Waals surface area contributed by atoms with Gasteiger partial charge < -0.3 is 10.2 Å². The smallest absolute Gasteiger partial charge is 0.348 e. The molecule has 0 amide bonds. The second-order valence-electron chi connectivity index (χ2n) is 3.84. The third-order valence-corrected chi connectivity index (χ3v) is 2.55. The number of β-amino-alcohol motifs (C(OH)–C–C–N with tert-alkyl or cyclic N) is 1. The first-order chi connectivity index (χ1) is 8.02. The van der Waals surface area contributed by atoms with Crippen molar-refractivity contribution in [2.75, 3.05) is 18.3 Å². The zero-order valence-electron chi connectivity index (χ0n) is 9.16. The topological polar surface area (TPSA) is 108 Å². The summed E-state index contributed by atoms with van der Waals surface area (Å²) in [5.41, 5.74) is -0.786. The number of nitrogens with one attached hydrogen (secondary N) is 1. The van der Waals surface area contributed by atoms with Gasteiger partial charge in [0.1, 0.15) is 12.2 Å². The van der Waals surface area contributed by atoms with Crippen LogP contribution in [0.2, 0.25) is 0 Å². The van der Waals surface area contributed by atoms with Crippen molar-refractivity contribution in [3.63, 3.8) is 0 Å². The summed E-state index contributed by atoms with van der Waals surface area (Å²) in [6.45, 7) is 1.23. The molecular formula is C9H13N3O5. The van der Waals surface area contributed by atoms with Crippen LogP contribution in [-0.2, 0) is 4.84 Å². The Bertz CT molecular complexity index is 522. The molecule has 2 atom stereocenters. The molecular weight excluding hydrogens is 230 g/mol. The first-order valence-electron chi connectivity index (χ1n) is 5.09. The van der Waals surface area contributed by atoms with E-state index >= 15 is 0 Å². The number of rotatable bonds is 2. The van der Waals surface area contributed by atoms with Gasteiger partial charge in [0.2, 0.25) is 0 Å². The van der Waals surface area contributed by atoms with Crippen molar-refractivity contribution in [2.24, 2.45) is 0 Å². The van der Waals surface area contributed by atoms with Crippen LogP contribution in [0, 0.1) is 6.92 Å². The minimum atomic E-state index is -0.890. The lowest BCUT2D eigenvalue weighted by Gasteiger charge is -2.18. The number of hydroxylamine groups is 1. The molecule has 3 N–H and O–H groups in total. The maximum Gasteiger partial charge on any atom is 0.348 e. The van der Waals surface area contributed by atoms with Crippen LogP contribution in [0.4, 0.5) is 0 Å². The molecule has 1 aromatic heterocycles. The molecule has 1 saturated heterocycles. The van der Waals surface area contributed by atoms with Crippen molar-refractivity contribution in [1.82, 2.24) is 9.66 Å². The fourth-order valence-electron chi connectivity index (χ4n) is 1.56. The molecule has 0 saturated carbocycles. The van der Waals surface area contributed by atoms with Crippen molar-refractivity contribution in [3.05, 3.63) is 32.6 Å². The molecule has 8 heteroatoms. The minimum Gasteiger partial charge on any atom is -0.393 e. The molecule has 0 spiro atoms. The second kappa shape index (κ2) is 4.32. The van der Waals surface area contributed by atoms with E-state index in [1.165, 1.54) is 6.20 Å². The van der Waals surface area contributed by atoms with Gasteiger partial charge in [0.05, 0.1) is 13.2 Å². The van der Waals surface area contributed by atoms with E-state index in [4.69, 9.17) is 9.94 Å². The monoisotopic (exact) mass is 243 g/mol. The lowest BCUT2D eigenvalue weighted by molar-refractivity contribution is -0.0232. The summed E-state index contributed by atoms with van der Waals surface area (Å²) in [6.07, 6.45) is -0.346. The van der Waals surface area contributed by atoms with E-state index in [1.54, 1.807) is 6.92 Å². The van der Waals surface area contributed by atoms with Gasteiger partial charge in [-0.2, -0.15) is 9.85 Å². The Labute approximate surface area is 95.6 Å². The maximum atomic E-state index is 11.5. The van der Waals surface area contributed by atoms with E-state index in [2.05, 4.69) is 4.98 Å². The summed E-state index contributed by atoms with van der Waals surface area (Å²) in [5.74, 6) is 0. The van der Waals surface area contributed by atoms with Crippen LogP contribution in [0.5, 0.6) is 0 Å². The van der Waals surface area contributed by atoms with E-state index in [0.29, 0.717) is 5.56 Å². The Morgan fingerprint density at radius 2 is 2.29 bits per heavy atom. The number of aromatic amines is 1. The van der Waals surface area contributed by atoms with Crippen molar-refractivity contribution >= 4 is 0 Å². The van der Waals surface area contributed by atoms with Gasteiger partial charge in [0, 0.05) is 11.8 Å². The number of aryl methyl sites for hydroxylation is 1. The first kappa shape index (κ1) is 11.8. The Morgan fingerprint density at radius 3 is 2.88 bits per heavy atom. The van der Waals surface area contributed by atoms with E-state index < -0.39 is 23.5 Å². The molecule has 94 valence electrons. The van der Waals surface area contributed by atoms with Crippen molar-refractivity contribution in [2.45, 2.75) is 19.1 Å². The quantitative estimate of drug-likeness (QED) is 0.528. The molecule has 0 aromatic carbocycles. The van der Waals surface area contributed by atoms with Gasteiger partial charge in [-0.05, 0) is 6.92 Å². The molecule has 1 aliphatic rings. The summed E-state index contributed by atoms with van der Waals surface area (Å²) in [5, 5.41) is 19.5. The highest BCUT2D eigenvalue weighted by atomic mass is 16.7. The van der Waals surface area contributed by atoms with Crippen LogP contribution in [0.25, 0.3) is 0 Å². The maximum absolute atomic E-state index is 11.5. The van der Waals surface area contributed by atoms with Gasteiger partial charge in [0.15, 0.2) is 0 Å². The van der Waals surface area contributed by atoms with Crippen molar-refractivity contribution < 1.29 is 15.1 Å². The number of hydrogen-bond donors (Lipinski definition) is 3. The molecule has 2 heterocycles. The Morgan fingerprint density at radius 1 is 1.59 bits per heavy atom. The Balaban J connectivity index is 2.34. The van der Waals surface area contributed by atoms with Crippen LogP contribution >= 0.6 is 0 Å². The molecule has 0 bridgehead atoms. The standard InChI is InChI=1S/C9H13N3O5/c1-5-2-11(9(16)10-8(5)15)12-3-6(14)7(4-13)17-12/h2,6-7,13-14H,3-4H2,1H3,(H,10,15,16)/t6-,7+/m0/s1. The molecule has 1 aromatic rings. The van der Waals surface area contributed by atoms with Gasteiger partial charge in [-0.15, -0.1) is 0 Å². The van der Waals surface area contributed by atoms with Gasteiger partial charge in [0.25, 0.3) is 5.56 Å². The fourth-order valence-corrected chi connectivity index (χ4v) is 1.56. The van der Waals surface area contributed by atoms with Crippen LogP contribution in [-0.4, -0.2) is 45.2 Å². The molecule has 1 aliphatic heterocycles. The van der Waals surface area contributed by atoms with E-state index in [1.807, 2.05) is 0 Å². The molecule has 8 nitrogen and oxygen atoms in total. The number of aliphatic hydroxyl groups is 2. The summed E-state index contributed by atoms with van der Waals surface area (Å²) in [4.78, 5) is 30.0. The highest BCUT2D eigenvalue weighted by molar-refractivity contribution is 5.03. The predicted molar refractivity (Wildman–Crippen MR) is 57.1 cm³/mol. The average molecular weight is 243 g/mol. The number of aromatic nitrogens is 2. The van der Waals surface area contributed by atoms with Crippen LogP contribution in [0.1, 0.15) is 5.56 Å². The van der Waals surface area contributed by atoms with E-state index in [9.17, 15) is 14.7 Å². The van der Waals surface area contributed by atoms with Gasteiger partial charge in [-0.25, -0.2) is 9.63 Å². The van der Waals surface area contributed by atoms with Gasteiger partial charge in [-0.3, -0.25) is 9.78 Å². The zero-order valence-corrected chi connectivity index (χ0v) is 9.16. The second-order valence-corrected chi connectivity index (χ2v) is 3.84. The van der Waals surface area contributed by atoms with E-state index in [0.717, 1.165) is 9.85 Å². The number of H-pyrrole nitrogens is 1. The third kappa shape index (κ3) is 2.09. The average Bonchev–Trinajstić information content (AvgIpc) is 2.65.